The summed E-state index contributed by atoms with van der Waals surface area (Å²) in [6, 6.07) is 24.9. The minimum absolute atomic E-state index is 0. The minimum Gasteiger partial charge on any atom is -0.512 e. The summed E-state index contributed by atoms with van der Waals surface area (Å²) in [5.41, 5.74) is 7.85. The van der Waals surface area contributed by atoms with Gasteiger partial charge < -0.3 is 13.9 Å². The molecule has 0 spiro atoms. The molecule has 1 radical (unpaired) electrons. The molecule has 0 amide bonds. The van der Waals surface area contributed by atoms with Gasteiger partial charge in [-0.1, -0.05) is 111 Å². The first kappa shape index (κ1) is 41.2. The zero-order chi connectivity index (χ0) is 38.2. The van der Waals surface area contributed by atoms with Gasteiger partial charge in [-0.05, 0) is 89.5 Å². The van der Waals surface area contributed by atoms with Crippen molar-refractivity contribution in [3.8, 4) is 0 Å². The van der Waals surface area contributed by atoms with Crippen LogP contribution in [0.15, 0.2) is 81.3 Å². The van der Waals surface area contributed by atoms with Crippen molar-refractivity contribution in [2.75, 3.05) is 0 Å². The molecule has 0 fully saturated rings. The number of pyridine rings is 1. The number of rotatable bonds is 9. The Balaban J connectivity index is 0.000000301. The van der Waals surface area contributed by atoms with Crippen molar-refractivity contribution >= 4 is 71.5 Å². The molecule has 5 nitrogen and oxygen atoms in total. The molecule has 0 aliphatic heterocycles. The van der Waals surface area contributed by atoms with E-state index >= 15 is 0 Å². The molecule has 1 N–H and O–H groups in total. The number of nitrogens with zero attached hydrogens (tertiary/aromatic N) is 1. The number of aliphatic hydroxyl groups is 1. The average Bonchev–Trinajstić information content (AvgIpc) is 3.42. The second-order valence-electron chi connectivity index (χ2n) is 17.2. The van der Waals surface area contributed by atoms with Gasteiger partial charge >= 0.3 is 0 Å². The van der Waals surface area contributed by atoms with Gasteiger partial charge in [0.2, 0.25) is 0 Å². The number of carbonyl (C=O) groups excluding carboxylic acids is 1. The fourth-order valence-corrected chi connectivity index (χ4v) is 7.77. The fourth-order valence-electron chi connectivity index (χ4n) is 7.77. The Labute approximate surface area is 333 Å². The molecule has 0 bridgehead atoms. The molecule has 0 atom stereocenters. The van der Waals surface area contributed by atoms with Crippen LogP contribution < -0.4 is 0 Å². The van der Waals surface area contributed by atoms with E-state index in [1.807, 2.05) is 27.7 Å². The van der Waals surface area contributed by atoms with E-state index in [1.54, 1.807) is 0 Å². The summed E-state index contributed by atoms with van der Waals surface area (Å²) in [5.74, 6) is 0.547. The molecular formula is C48H56IrNO4-. The van der Waals surface area contributed by atoms with Crippen LogP contribution in [0.25, 0.3) is 65.7 Å². The molecule has 0 unspecified atom stereocenters. The third-order valence-electron chi connectivity index (χ3n) is 10.4. The van der Waals surface area contributed by atoms with E-state index in [0.717, 1.165) is 104 Å². The average molecular weight is 903 g/mol. The van der Waals surface area contributed by atoms with Crippen LogP contribution in [-0.2, 0) is 37.7 Å². The quantitative estimate of drug-likeness (QED) is 0.0887. The molecule has 3 heterocycles. The Kier molecular flexibility index (Phi) is 12.5. The molecule has 0 aliphatic rings. The van der Waals surface area contributed by atoms with Crippen LogP contribution in [0, 0.1) is 28.7 Å². The molecule has 287 valence electrons. The normalized spacial score (nSPS) is 12.8. The van der Waals surface area contributed by atoms with Crippen LogP contribution in [0.3, 0.4) is 0 Å². The molecule has 4 aromatic carbocycles. The van der Waals surface area contributed by atoms with Crippen LogP contribution in [0.2, 0.25) is 0 Å². The zero-order valence-corrected chi connectivity index (χ0v) is 36.1. The van der Waals surface area contributed by atoms with Crippen molar-refractivity contribution in [3.05, 3.63) is 89.7 Å². The fraction of sp³-hybridized carbons (Fsp3) is 0.417. The maximum absolute atomic E-state index is 11.7. The van der Waals surface area contributed by atoms with Crippen molar-refractivity contribution in [2.24, 2.45) is 22.7 Å². The van der Waals surface area contributed by atoms with Gasteiger partial charge in [0, 0.05) is 54.3 Å². The van der Waals surface area contributed by atoms with E-state index in [-0.39, 0.29) is 54.3 Å². The summed E-state index contributed by atoms with van der Waals surface area (Å²) in [7, 11) is 0. The number of allylic oxidation sites excluding steroid dienone is 2. The number of para-hydroxylation sites is 1. The maximum atomic E-state index is 11.7. The van der Waals surface area contributed by atoms with Gasteiger partial charge in [0.05, 0.1) is 16.9 Å². The summed E-state index contributed by atoms with van der Waals surface area (Å²) < 4.78 is 13.7. The first-order chi connectivity index (χ1) is 25.2. The summed E-state index contributed by atoms with van der Waals surface area (Å²) in [5, 5.41) is 16.0. The predicted octanol–water partition coefficient (Wildman–Crippen LogP) is 14.0. The summed E-state index contributed by atoms with van der Waals surface area (Å²) in [6.45, 7) is 21.7. The van der Waals surface area contributed by atoms with Crippen molar-refractivity contribution in [1.29, 1.82) is 0 Å². The molecule has 54 heavy (non-hydrogen) atoms. The molecule has 0 aliphatic carbocycles. The predicted molar refractivity (Wildman–Crippen MR) is 223 cm³/mol. The number of ketones is 1. The molecule has 6 heteroatoms. The molecule has 0 saturated heterocycles. The van der Waals surface area contributed by atoms with Gasteiger partial charge in [0.25, 0.3) is 0 Å². The SMILES string of the molecule is CC(C)(C)Cc1cc2oc3c(CC(C)(C)C)c4ccccc4nc3c3[c-]c4ccccc4c4oc(c1)c2c34.CCC(CC)C(=O)/C=C(\O)C(CC)CC.[Ir]. The summed E-state index contributed by atoms with van der Waals surface area (Å²) in [6.07, 6.45) is 6.70. The standard InChI is InChI=1S/C35H32NO2.C13H24O2.Ir/c1-34(2,3)18-20-15-27-30-28(16-20)38-33-25(19-35(4,5)6)23-13-9-10-14-26(23)36-31(33)24-17-21-11-7-8-12-22(21)32(37-27)29(24)30;1-5-10(6-2)12(14)9-13(15)11(7-3)8-4;/h7-16H,18-19H2,1-6H3;9-11,14H,5-8H2,1-4H3;/q-1;;/b;12-9-;. The number of benzene rings is 4. The van der Waals surface area contributed by atoms with Gasteiger partial charge in [-0.2, -0.15) is 0 Å². The monoisotopic (exact) mass is 903 g/mol. The Morgan fingerprint density at radius 3 is 1.91 bits per heavy atom. The summed E-state index contributed by atoms with van der Waals surface area (Å²) in [4.78, 5) is 16.9. The van der Waals surface area contributed by atoms with Crippen molar-refractivity contribution in [3.63, 3.8) is 0 Å². The minimum atomic E-state index is 0. The van der Waals surface area contributed by atoms with Gasteiger partial charge in [0.15, 0.2) is 5.78 Å². The number of furan rings is 1. The number of hydrogen-bond donors (Lipinski definition) is 1. The number of aromatic nitrogens is 1. The number of aliphatic hydroxyl groups excluding tert-OH is 1. The summed E-state index contributed by atoms with van der Waals surface area (Å²) >= 11 is 0. The molecule has 0 saturated carbocycles. The second kappa shape index (κ2) is 16.4. The molecule has 7 aromatic rings. The molecule has 3 aromatic heterocycles. The maximum Gasteiger partial charge on any atom is 0.162 e. The van der Waals surface area contributed by atoms with Crippen LogP contribution in [0.5, 0.6) is 0 Å². The van der Waals surface area contributed by atoms with Gasteiger partial charge in [-0.25, -0.2) is 0 Å². The van der Waals surface area contributed by atoms with E-state index in [1.165, 1.54) is 17.2 Å². The van der Waals surface area contributed by atoms with Crippen LogP contribution >= 0.6 is 0 Å². The van der Waals surface area contributed by atoms with Crippen molar-refractivity contribution in [1.82, 2.24) is 4.98 Å². The third kappa shape index (κ3) is 8.46. The van der Waals surface area contributed by atoms with Gasteiger partial charge in [-0.15, -0.1) is 17.5 Å². The van der Waals surface area contributed by atoms with E-state index < -0.39 is 0 Å². The Hall–Kier alpha value is -3.99. The second-order valence-corrected chi connectivity index (χ2v) is 17.2. The smallest absolute Gasteiger partial charge is 0.162 e. The largest absolute Gasteiger partial charge is 0.512 e. The van der Waals surface area contributed by atoms with E-state index in [2.05, 4.69) is 108 Å². The molecule has 7 rings (SSSR count). The van der Waals surface area contributed by atoms with Crippen molar-refractivity contribution in [2.45, 2.75) is 108 Å². The van der Waals surface area contributed by atoms with Crippen LogP contribution in [0.1, 0.15) is 106 Å². The number of carbonyl (C=O) groups is 1. The number of fused-ring (bicyclic) bond motifs is 5. The Morgan fingerprint density at radius 1 is 0.759 bits per heavy atom. The zero-order valence-electron chi connectivity index (χ0n) is 33.7. The van der Waals surface area contributed by atoms with E-state index in [0.29, 0.717) is 0 Å². The van der Waals surface area contributed by atoms with E-state index in [9.17, 15) is 9.90 Å². The third-order valence-corrected chi connectivity index (χ3v) is 10.4. The van der Waals surface area contributed by atoms with Crippen molar-refractivity contribution < 1.29 is 38.8 Å². The first-order valence-electron chi connectivity index (χ1n) is 19.5. The topological polar surface area (TPSA) is 76.5 Å². The van der Waals surface area contributed by atoms with Gasteiger partial charge in [-0.3, -0.25) is 9.78 Å². The Bertz CT molecular complexity index is 2460. The van der Waals surface area contributed by atoms with E-state index in [4.69, 9.17) is 13.8 Å². The van der Waals surface area contributed by atoms with Crippen LogP contribution in [-0.4, -0.2) is 15.9 Å². The molecular weight excluding hydrogens is 847 g/mol. The first-order valence-corrected chi connectivity index (χ1v) is 19.5. The number of hydrogen-bond acceptors (Lipinski definition) is 5. The van der Waals surface area contributed by atoms with Gasteiger partial charge in [0.1, 0.15) is 16.7 Å². The van der Waals surface area contributed by atoms with Crippen LogP contribution in [0.4, 0.5) is 0 Å². The Morgan fingerprint density at radius 2 is 1.31 bits per heavy atom.